The van der Waals surface area contributed by atoms with Gasteiger partial charge in [0.25, 0.3) is 15.0 Å². The summed E-state index contributed by atoms with van der Waals surface area (Å²) in [5.41, 5.74) is 0. The zero-order valence-electron chi connectivity index (χ0n) is 9.75. The van der Waals surface area contributed by atoms with E-state index in [4.69, 9.17) is 0 Å². The molecule has 0 spiro atoms. The summed E-state index contributed by atoms with van der Waals surface area (Å²) < 4.78 is 47.2. The number of sulfone groups is 1. The van der Waals surface area contributed by atoms with Gasteiger partial charge in [-0.25, -0.2) is 18.2 Å². The average Bonchev–Trinajstić information content (AvgIpc) is 2.80. The van der Waals surface area contributed by atoms with Crippen molar-refractivity contribution in [2.24, 2.45) is 0 Å². The summed E-state index contributed by atoms with van der Waals surface area (Å²) in [4.78, 5) is 16.3. The maximum absolute atomic E-state index is 12.2. The number of hydrogen-bond acceptors (Lipinski definition) is 5. The molecule has 7 nitrogen and oxygen atoms in total. The van der Waals surface area contributed by atoms with Crippen LogP contribution >= 0.6 is 0 Å². The van der Waals surface area contributed by atoms with Gasteiger partial charge in [-0.2, -0.15) is 13.5 Å². The number of carbonyl (C=O) groups is 1. The summed E-state index contributed by atoms with van der Waals surface area (Å²) in [5.74, 6) is -3.61. The maximum Gasteiger partial charge on any atom is 0.346 e. The van der Waals surface area contributed by atoms with Crippen LogP contribution in [0.3, 0.4) is 0 Å². The summed E-state index contributed by atoms with van der Waals surface area (Å²) in [5, 5.41) is 2.21. The predicted molar refractivity (Wildman–Crippen MR) is 56.9 cm³/mol. The van der Waals surface area contributed by atoms with Crippen molar-refractivity contribution < 1.29 is 22.0 Å². The quantitative estimate of drug-likeness (QED) is 0.806. The third-order valence-electron chi connectivity index (χ3n) is 2.19. The van der Waals surface area contributed by atoms with E-state index < -0.39 is 26.8 Å². The predicted octanol–water partition coefficient (Wildman–Crippen LogP) is 0.584. The zero-order chi connectivity index (χ0) is 13.9. The molecule has 0 N–H and O–H groups in total. The minimum atomic E-state index is -4.88. The Labute approximate surface area is 102 Å². The zero-order valence-corrected chi connectivity index (χ0v) is 10.6. The Bertz CT molecular complexity index is 524. The van der Waals surface area contributed by atoms with E-state index in [9.17, 15) is 22.0 Å². The molecule has 0 aromatic carbocycles. The van der Waals surface area contributed by atoms with Crippen molar-refractivity contribution in [3.63, 3.8) is 0 Å². The molecule has 0 saturated carbocycles. The van der Waals surface area contributed by atoms with Crippen LogP contribution in [-0.2, 0) is 9.84 Å². The van der Waals surface area contributed by atoms with Crippen LogP contribution in [0.4, 0.5) is 13.6 Å². The number of carbonyl (C=O) groups excluding carboxylic acids is 1. The normalized spacial score (nSPS) is 11.8. The number of alkyl halides is 2. The molecule has 0 radical (unpaired) electrons. The Morgan fingerprint density at radius 1 is 1.44 bits per heavy atom. The molecule has 1 aromatic heterocycles. The van der Waals surface area contributed by atoms with Crippen molar-refractivity contribution in [1.82, 2.24) is 19.7 Å². The Hall–Kier alpha value is -1.58. The van der Waals surface area contributed by atoms with Crippen LogP contribution in [0.1, 0.15) is 13.8 Å². The van der Waals surface area contributed by atoms with Crippen LogP contribution in [0.2, 0.25) is 0 Å². The Kier molecular flexibility index (Phi) is 4.33. The fourth-order valence-corrected chi connectivity index (χ4v) is 1.74. The fraction of sp³-hybridized carbons (Fsp3) is 0.625. The molecule has 0 saturated heterocycles. The number of halogens is 2. The highest BCUT2D eigenvalue weighted by Gasteiger charge is 2.31. The second-order valence-corrected chi connectivity index (χ2v) is 5.04. The van der Waals surface area contributed by atoms with Gasteiger partial charge in [-0.3, -0.25) is 0 Å². The third kappa shape index (κ3) is 2.63. The van der Waals surface area contributed by atoms with Crippen molar-refractivity contribution in [1.29, 1.82) is 0 Å². The van der Waals surface area contributed by atoms with Crippen molar-refractivity contribution >= 4 is 15.9 Å². The van der Waals surface area contributed by atoms with Crippen molar-refractivity contribution in [3.8, 4) is 0 Å². The standard InChI is InChI=1S/C8H12F2N4O3S/c1-3-13(4-2)8(15)14-5-11-7(12-14)18(16,17)6(9)10/h5-6H,3-4H2,1-2H3. The summed E-state index contributed by atoms with van der Waals surface area (Å²) in [6.45, 7) is 4.20. The largest absolute Gasteiger partial charge is 0.346 e. The number of rotatable bonds is 4. The number of amides is 1. The lowest BCUT2D eigenvalue weighted by molar-refractivity contribution is 0.201. The van der Waals surface area contributed by atoms with Gasteiger partial charge in [0.15, 0.2) is 0 Å². The highest BCUT2D eigenvalue weighted by molar-refractivity contribution is 7.91. The summed E-state index contributed by atoms with van der Waals surface area (Å²) in [6.07, 6.45) is 0.802. The first-order chi connectivity index (χ1) is 8.34. The Morgan fingerprint density at radius 2 is 2.00 bits per heavy atom. The van der Waals surface area contributed by atoms with Gasteiger partial charge in [0.2, 0.25) is 0 Å². The van der Waals surface area contributed by atoms with Crippen LogP contribution in [0.15, 0.2) is 11.5 Å². The number of hydrogen-bond donors (Lipinski definition) is 0. The van der Waals surface area contributed by atoms with E-state index in [0.29, 0.717) is 17.8 Å². The fourth-order valence-electron chi connectivity index (χ4n) is 1.19. The molecule has 18 heavy (non-hydrogen) atoms. The molecule has 0 bridgehead atoms. The van der Waals surface area contributed by atoms with Gasteiger partial charge in [0.1, 0.15) is 6.33 Å². The molecule has 10 heteroatoms. The second kappa shape index (κ2) is 5.38. The molecule has 0 atom stereocenters. The minimum absolute atomic E-state index is 0.381. The molecule has 0 aliphatic rings. The van der Waals surface area contributed by atoms with Crippen molar-refractivity contribution in [3.05, 3.63) is 6.33 Å². The van der Waals surface area contributed by atoms with E-state index in [-0.39, 0.29) is 0 Å². The smallest absolute Gasteiger partial charge is 0.323 e. The first-order valence-electron chi connectivity index (χ1n) is 5.07. The molecule has 102 valence electrons. The van der Waals surface area contributed by atoms with Crippen LogP contribution in [-0.4, -0.2) is 53.0 Å². The van der Waals surface area contributed by atoms with Gasteiger partial charge in [0, 0.05) is 13.1 Å². The summed E-state index contributed by atoms with van der Waals surface area (Å²) >= 11 is 0. The Morgan fingerprint density at radius 3 is 2.44 bits per heavy atom. The lowest BCUT2D eigenvalue weighted by atomic mass is 10.5. The molecule has 1 amide bonds. The molecule has 0 unspecified atom stereocenters. The second-order valence-electron chi connectivity index (χ2n) is 3.23. The lowest BCUT2D eigenvalue weighted by Gasteiger charge is -2.17. The van der Waals surface area contributed by atoms with E-state index >= 15 is 0 Å². The first-order valence-corrected chi connectivity index (χ1v) is 6.62. The SMILES string of the molecule is CCN(CC)C(=O)n1cnc(S(=O)(=O)C(F)F)n1. The monoisotopic (exact) mass is 282 g/mol. The molecular weight excluding hydrogens is 270 g/mol. The van der Waals surface area contributed by atoms with E-state index in [0.717, 1.165) is 6.33 Å². The van der Waals surface area contributed by atoms with Crippen LogP contribution < -0.4 is 0 Å². The van der Waals surface area contributed by atoms with Gasteiger partial charge in [-0.05, 0) is 13.8 Å². The molecular formula is C8H12F2N4O3S. The van der Waals surface area contributed by atoms with Gasteiger partial charge in [-0.15, -0.1) is 5.10 Å². The molecule has 0 aliphatic carbocycles. The van der Waals surface area contributed by atoms with Gasteiger partial charge < -0.3 is 4.90 Å². The topological polar surface area (TPSA) is 85.2 Å². The van der Waals surface area contributed by atoms with Crippen LogP contribution in [0.25, 0.3) is 0 Å². The Balaban J connectivity index is 3.04. The molecule has 0 aliphatic heterocycles. The number of nitrogens with zero attached hydrogens (tertiary/aromatic N) is 4. The van der Waals surface area contributed by atoms with Crippen molar-refractivity contribution in [2.75, 3.05) is 13.1 Å². The van der Waals surface area contributed by atoms with Crippen LogP contribution in [0, 0.1) is 0 Å². The lowest BCUT2D eigenvalue weighted by Crippen LogP contribution is -2.34. The van der Waals surface area contributed by atoms with Gasteiger partial charge in [0.05, 0.1) is 0 Å². The maximum atomic E-state index is 12.2. The van der Waals surface area contributed by atoms with Crippen molar-refractivity contribution in [2.45, 2.75) is 24.8 Å². The number of aromatic nitrogens is 3. The van der Waals surface area contributed by atoms with Gasteiger partial charge in [-0.1, -0.05) is 0 Å². The van der Waals surface area contributed by atoms with Crippen LogP contribution in [0.5, 0.6) is 0 Å². The molecule has 1 aromatic rings. The molecule has 1 rings (SSSR count). The minimum Gasteiger partial charge on any atom is -0.323 e. The van der Waals surface area contributed by atoms with E-state index in [1.807, 2.05) is 0 Å². The molecule has 0 fully saturated rings. The molecule has 1 heterocycles. The third-order valence-corrected chi connectivity index (χ3v) is 3.35. The highest BCUT2D eigenvalue weighted by atomic mass is 32.2. The van der Waals surface area contributed by atoms with E-state index in [2.05, 4.69) is 10.1 Å². The highest BCUT2D eigenvalue weighted by Crippen LogP contribution is 2.13. The van der Waals surface area contributed by atoms with E-state index in [1.165, 1.54) is 4.90 Å². The summed E-state index contributed by atoms with van der Waals surface area (Å²) in [7, 11) is -4.88. The first kappa shape index (κ1) is 14.5. The summed E-state index contributed by atoms with van der Waals surface area (Å²) in [6, 6.07) is -0.622. The van der Waals surface area contributed by atoms with E-state index in [1.54, 1.807) is 13.8 Å². The average molecular weight is 282 g/mol. The van der Waals surface area contributed by atoms with Gasteiger partial charge >= 0.3 is 11.8 Å².